The average Bonchev–Trinajstić information content (AvgIpc) is 2.95. The average molecular weight is 395 g/mol. The molecule has 0 saturated heterocycles. The summed E-state index contributed by atoms with van der Waals surface area (Å²) in [6.07, 6.45) is -0.886. The fourth-order valence-electron chi connectivity index (χ4n) is 3.01. The van der Waals surface area contributed by atoms with E-state index in [0.717, 1.165) is 5.56 Å². The highest BCUT2D eigenvalue weighted by Gasteiger charge is 2.22. The molecule has 29 heavy (non-hydrogen) atoms. The highest BCUT2D eigenvalue weighted by atomic mass is 16.5. The molecule has 3 aromatic rings. The van der Waals surface area contributed by atoms with Crippen LogP contribution in [0.25, 0.3) is 5.69 Å². The first-order chi connectivity index (χ1) is 14.0. The Balaban J connectivity index is 1.88. The molecule has 0 bridgehead atoms. The van der Waals surface area contributed by atoms with E-state index in [1.165, 1.54) is 4.68 Å². The van der Waals surface area contributed by atoms with Crippen molar-refractivity contribution in [3.8, 4) is 5.69 Å². The third-order valence-corrected chi connectivity index (χ3v) is 4.40. The molecule has 8 nitrogen and oxygen atoms in total. The largest absolute Gasteiger partial charge is 0.481 e. The normalized spacial score (nSPS) is 10.5. The summed E-state index contributed by atoms with van der Waals surface area (Å²) in [7, 11) is 1.64. The van der Waals surface area contributed by atoms with Gasteiger partial charge in [0, 0.05) is 13.5 Å². The number of hydrogen-bond acceptors (Lipinski definition) is 4. The number of anilines is 1. The zero-order chi connectivity index (χ0) is 20.8. The Kier molecular flexibility index (Phi) is 6.13. The summed E-state index contributed by atoms with van der Waals surface area (Å²) in [6, 6.07) is 18.0. The van der Waals surface area contributed by atoms with Crippen LogP contribution >= 0.6 is 0 Å². The van der Waals surface area contributed by atoms with Crippen LogP contribution in [-0.4, -0.2) is 26.5 Å². The van der Waals surface area contributed by atoms with Crippen LogP contribution in [-0.2, 0) is 29.6 Å². The maximum Gasteiger partial charge on any atom is 0.412 e. The van der Waals surface area contributed by atoms with E-state index >= 15 is 0 Å². The SMILES string of the molecule is Cn1c(CCC(=O)O)c(NC(=O)OCc2ccccc2)c(=O)n1-c1ccccc1. The van der Waals surface area contributed by atoms with Crippen LogP contribution in [0, 0.1) is 0 Å². The van der Waals surface area contributed by atoms with Gasteiger partial charge < -0.3 is 9.84 Å². The molecule has 150 valence electrons. The standard InChI is InChI=1S/C21H21N3O5/c1-23-17(12-13-18(25)26)19(20(27)24(23)16-10-6-3-7-11-16)22-21(28)29-14-15-8-4-2-5-9-15/h2-11H,12-14H2,1H3,(H,22,28)(H,25,26). The van der Waals surface area contributed by atoms with Crippen molar-refractivity contribution in [3.63, 3.8) is 0 Å². The van der Waals surface area contributed by atoms with Gasteiger partial charge in [-0.25, -0.2) is 9.48 Å². The molecule has 2 N–H and O–H groups in total. The Bertz CT molecular complexity index is 1060. The zero-order valence-corrected chi connectivity index (χ0v) is 15.9. The molecule has 2 aromatic carbocycles. The Morgan fingerprint density at radius 2 is 1.66 bits per heavy atom. The summed E-state index contributed by atoms with van der Waals surface area (Å²) in [5.74, 6) is -0.998. The Morgan fingerprint density at radius 1 is 1.03 bits per heavy atom. The van der Waals surface area contributed by atoms with Gasteiger partial charge in [-0.15, -0.1) is 0 Å². The number of carboxylic acids is 1. The van der Waals surface area contributed by atoms with Crippen LogP contribution in [0.15, 0.2) is 65.5 Å². The highest BCUT2D eigenvalue weighted by Crippen LogP contribution is 2.17. The number of benzene rings is 2. The number of carboxylic acid groups (broad SMARTS) is 1. The van der Waals surface area contributed by atoms with E-state index in [0.29, 0.717) is 11.4 Å². The lowest BCUT2D eigenvalue weighted by atomic mass is 10.2. The summed E-state index contributed by atoms with van der Waals surface area (Å²) in [4.78, 5) is 36.3. The van der Waals surface area contributed by atoms with E-state index in [1.807, 2.05) is 36.4 Å². The highest BCUT2D eigenvalue weighted by molar-refractivity contribution is 5.85. The molecule has 1 heterocycles. The van der Waals surface area contributed by atoms with Crippen molar-refractivity contribution in [2.24, 2.45) is 7.05 Å². The number of hydrogen-bond donors (Lipinski definition) is 2. The predicted molar refractivity (Wildman–Crippen MR) is 107 cm³/mol. The first-order valence-electron chi connectivity index (χ1n) is 9.03. The summed E-state index contributed by atoms with van der Waals surface area (Å²) < 4.78 is 8.13. The first kappa shape index (κ1) is 19.9. The van der Waals surface area contributed by atoms with Crippen LogP contribution in [0.5, 0.6) is 0 Å². The third-order valence-electron chi connectivity index (χ3n) is 4.40. The lowest BCUT2D eigenvalue weighted by Gasteiger charge is -2.10. The number of nitrogens with zero attached hydrogens (tertiary/aromatic N) is 2. The lowest BCUT2D eigenvalue weighted by Crippen LogP contribution is -2.23. The van der Waals surface area contributed by atoms with Gasteiger partial charge in [0.25, 0.3) is 5.56 Å². The molecule has 0 fully saturated rings. The second-order valence-corrected chi connectivity index (χ2v) is 6.38. The van der Waals surface area contributed by atoms with E-state index in [-0.39, 0.29) is 25.1 Å². The summed E-state index contributed by atoms with van der Waals surface area (Å²) >= 11 is 0. The zero-order valence-electron chi connectivity index (χ0n) is 15.9. The first-order valence-corrected chi connectivity index (χ1v) is 9.03. The van der Waals surface area contributed by atoms with Crippen molar-refractivity contribution in [1.29, 1.82) is 0 Å². The third kappa shape index (κ3) is 4.73. The number of aliphatic carboxylic acids is 1. The number of rotatable bonds is 7. The van der Waals surface area contributed by atoms with Gasteiger partial charge >= 0.3 is 12.1 Å². The predicted octanol–water partition coefficient (Wildman–Crippen LogP) is 2.94. The Labute approximate surface area is 166 Å². The van der Waals surface area contributed by atoms with Crippen LogP contribution in [0.4, 0.5) is 10.5 Å². The molecule has 3 rings (SSSR count). The quantitative estimate of drug-likeness (QED) is 0.640. The van der Waals surface area contributed by atoms with E-state index in [4.69, 9.17) is 9.84 Å². The number of nitrogens with one attached hydrogen (secondary N) is 1. The molecule has 8 heteroatoms. The maximum absolute atomic E-state index is 13.0. The van der Waals surface area contributed by atoms with Gasteiger partial charge in [-0.1, -0.05) is 48.5 Å². The molecule has 1 amide bonds. The van der Waals surface area contributed by atoms with Crippen LogP contribution < -0.4 is 10.9 Å². The van der Waals surface area contributed by atoms with E-state index in [1.54, 1.807) is 36.0 Å². The van der Waals surface area contributed by atoms with Crippen molar-refractivity contribution in [3.05, 3.63) is 82.3 Å². The topological polar surface area (TPSA) is 103 Å². The fraction of sp³-hybridized carbons (Fsp3) is 0.190. The maximum atomic E-state index is 13.0. The van der Waals surface area contributed by atoms with Gasteiger partial charge in [0.05, 0.1) is 17.8 Å². The van der Waals surface area contributed by atoms with Crippen molar-refractivity contribution in [2.75, 3.05) is 5.32 Å². The monoisotopic (exact) mass is 395 g/mol. The number of para-hydroxylation sites is 1. The summed E-state index contributed by atoms with van der Waals surface area (Å²) in [6.45, 7) is 0.0524. The molecule has 0 atom stereocenters. The summed E-state index contributed by atoms with van der Waals surface area (Å²) in [5.41, 5.74) is 1.36. The molecular formula is C21H21N3O5. The molecule has 0 aliphatic heterocycles. The van der Waals surface area contributed by atoms with Crippen molar-refractivity contribution >= 4 is 17.7 Å². The van der Waals surface area contributed by atoms with Gasteiger partial charge in [-0.2, -0.15) is 0 Å². The van der Waals surface area contributed by atoms with Gasteiger partial charge in [0.1, 0.15) is 12.3 Å². The van der Waals surface area contributed by atoms with Gasteiger partial charge in [0.15, 0.2) is 0 Å². The van der Waals surface area contributed by atoms with Crippen molar-refractivity contribution in [2.45, 2.75) is 19.4 Å². The van der Waals surface area contributed by atoms with Crippen LogP contribution in [0.3, 0.4) is 0 Å². The van der Waals surface area contributed by atoms with E-state index in [9.17, 15) is 14.4 Å². The van der Waals surface area contributed by atoms with Crippen LogP contribution in [0.1, 0.15) is 17.7 Å². The molecule has 0 aliphatic rings. The number of carbonyl (C=O) groups is 2. The molecule has 0 saturated carbocycles. The lowest BCUT2D eigenvalue weighted by molar-refractivity contribution is -0.136. The molecular weight excluding hydrogens is 374 g/mol. The van der Waals surface area contributed by atoms with Crippen molar-refractivity contribution in [1.82, 2.24) is 9.36 Å². The summed E-state index contributed by atoms with van der Waals surface area (Å²) in [5, 5.41) is 11.5. The number of ether oxygens (including phenoxy) is 1. The minimum atomic E-state index is -0.998. The second kappa shape index (κ2) is 8.92. The number of aromatic nitrogens is 2. The molecule has 0 spiro atoms. The minimum absolute atomic E-state index is 0.00987. The number of amides is 1. The molecule has 0 aliphatic carbocycles. The number of carbonyl (C=O) groups excluding carboxylic acids is 1. The van der Waals surface area contributed by atoms with Gasteiger partial charge in [-0.05, 0) is 17.7 Å². The Morgan fingerprint density at radius 3 is 2.28 bits per heavy atom. The van der Waals surface area contributed by atoms with Gasteiger partial charge in [-0.3, -0.25) is 19.6 Å². The van der Waals surface area contributed by atoms with Crippen molar-refractivity contribution < 1.29 is 19.4 Å². The van der Waals surface area contributed by atoms with Gasteiger partial charge in [0.2, 0.25) is 0 Å². The van der Waals surface area contributed by atoms with Crippen LogP contribution in [0.2, 0.25) is 0 Å². The van der Waals surface area contributed by atoms with E-state index in [2.05, 4.69) is 5.32 Å². The Hall–Kier alpha value is -3.81. The minimum Gasteiger partial charge on any atom is -0.481 e. The fourth-order valence-corrected chi connectivity index (χ4v) is 3.01. The van der Waals surface area contributed by atoms with E-state index < -0.39 is 17.6 Å². The smallest absolute Gasteiger partial charge is 0.412 e. The molecule has 1 aromatic heterocycles. The molecule has 0 radical (unpaired) electrons. The molecule has 0 unspecified atom stereocenters. The second-order valence-electron chi connectivity index (χ2n) is 6.38.